The van der Waals surface area contributed by atoms with Crippen LogP contribution in [0.3, 0.4) is 0 Å². The zero-order valence-electron chi connectivity index (χ0n) is 17.6. The fourth-order valence-electron chi connectivity index (χ4n) is 4.94. The predicted octanol–water partition coefficient (Wildman–Crippen LogP) is 4.66. The SMILES string of the molecule is COc1cccc(C(=O)N2CCC[C@H]3[C@@H]2CCCCN3Cc2ccc(C)cc2)c1. The lowest BCUT2D eigenvalue weighted by Crippen LogP contribution is -2.56. The molecular weight excluding hydrogens is 360 g/mol. The molecule has 0 spiro atoms. The molecular formula is C25H32N2O2. The maximum atomic E-state index is 13.4. The van der Waals surface area contributed by atoms with E-state index in [0.29, 0.717) is 12.1 Å². The van der Waals surface area contributed by atoms with Crippen molar-refractivity contribution in [3.8, 4) is 5.75 Å². The van der Waals surface area contributed by atoms with Crippen LogP contribution in [0.1, 0.15) is 53.6 Å². The number of aryl methyl sites for hydroxylation is 1. The van der Waals surface area contributed by atoms with E-state index in [1.807, 2.05) is 24.3 Å². The first-order valence-electron chi connectivity index (χ1n) is 10.9. The van der Waals surface area contributed by atoms with Gasteiger partial charge in [0, 0.05) is 30.7 Å². The van der Waals surface area contributed by atoms with Crippen LogP contribution in [-0.4, -0.2) is 48.0 Å². The van der Waals surface area contributed by atoms with Crippen molar-refractivity contribution in [2.75, 3.05) is 20.2 Å². The monoisotopic (exact) mass is 392 g/mol. The van der Waals surface area contributed by atoms with Crippen LogP contribution in [0.2, 0.25) is 0 Å². The Balaban J connectivity index is 1.55. The van der Waals surface area contributed by atoms with E-state index >= 15 is 0 Å². The Kier molecular flexibility index (Phi) is 6.19. The van der Waals surface area contributed by atoms with E-state index in [9.17, 15) is 4.79 Å². The summed E-state index contributed by atoms with van der Waals surface area (Å²) >= 11 is 0. The number of benzene rings is 2. The van der Waals surface area contributed by atoms with Gasteiger partial charge < -0.3 is 9.64 Å². The topological polar surface area (TPSA) is 32.8 Å². The Morgan fingerprint density at radius 1 is 1.00 bits per heavy atom. The molecule has 0 aromatic heterocycles. The molecule has 2 aliphatic heterocycles. The molecule has 4 heteroatoms. The summed E-state index contributed by atoms with van der Waals surface area (Å²) in [5.74, 6) is 0.891. The van der Waals surface area contributed by atoms with Crippen molar-refractivity contribution in [1.29, 1.82) is 0 Å². The van der Waals surface area contributed by atoms with E-state index < -0.39 is 0 Å². The summed E-state index contributed by atoms with van der Waals surface area (Å²) < 4.78 is 5.33. The highest BCUT2D eigenvalue weighted by atomic mass is 16.5. The molecule has 0 N–H and O–H groups in total. The highest BCUT2D eigenvalue weighted by Gasteiger charge is 2.38. The second-order valence-corrected chi connectivity index (χ2v) is 8.46. The molecule has 0 aliphatic carbocycles. The highest BCUT2D eigenvalue weighted by molar-refractivity contribution is 5.95. The number of hydrogen-bond acceptors (Lipinski definition) is 3. The normalized spacial score (nSPS) is 22.6. The maximum Gasteiger partial charge on any atom is 0.254 e. The molecule has 2 aliphatic rings. The molecule has 2 fully saturated rings. The molecule has 4 nitrogen and oxygen atoms in total. The summed E-state index contributed by atoms with van der Waals surface area (Å²) in [7, 11) is 1.65. The van der Waals surface area contributed by atoms with Crippen molar-refractivity contribution >= 4 is 5.91 Å². The van der Waals surface area contributed by atoms with E-state index in [-0.39, 0.29) is 5.91 Å². The smallest absolute Gasteiger partial charge is 0.254 e. The summed E-state index contributed by atoms with van der Waals surface area (Å²) in [6.45, 7) is 5.09. The Bertz CT molecular complexity index is 833. The third kappa shape index (κ3) is 4.48. The van der Waals surface area contributed by atoms with Crippen molar-refractivity contribution in [2.24, 2.45) is 0 Å². The van der Waals surface area contributed by atoms with Crippen molar-refractivity contribution in [3.63, 3.8) is 0 Å². The molecule has 4 rings (SSSR count). The van der Waals surface area contributed by atoms with Crippen LogP contribution in [-0.2, 0) is 6.54 Å². The number of likely N-dealkylation sites (tertiary alicyclic amines) is 2. The number of fused-ring (bicyclic) bond motifs is 1. The quantitative estimate of drug-likeness (QED) is 0.758. The molecule has 2 aromatic rings. The van der Waals surface area contributed by atoms with Gasteiger partial charge in [-0.1, -0.05) is 42.3 Å². The summed E-state index contributed by atoms with van der Waals surface area (Å²) in [5.41, 5.74) is 3.40. The van der Waals surface area contributed by atoms with Crippen LogP contribution in [0.25, 0.3) is 0 Å². The molecule has 0 saturated carbocycles. The van der Waals surface area contributed by atoms with Gasteiger partial charge in [0.25, 0.3) is 5.91 Å². The summed E-state index contributed by atoms with van der Waals surface area (Å²) in [4.78, 5) is 18.2. The van der Waals surface area contributed by atoms with E-state index in [2.05, 4.69) is 41.0 Å². The molecule has 154 valence electrons. The number of methoxy groups -OCH3 is 1. The third-order valence-electron chi connectivity index (χ3n) is 6.49. The van der Waals surface area contributed by atoms with Gasteiger partial charge in [-0.05, 0) is 62.9 Å². The van der Waals surface area contributed by atoms with Gasteiger partial charge in [-0.25, -0.2) is 0 Å². The van der Waals surface area contributed by atoms with Crippen LogP contribution >= 0.6 is 0 Å². The number of ether oxygens (including phenoxy) is 1. The molecule has 0 unspecified atom stereocenters. The lowest BCUT2D eigenvalue weighted by Gasteiger charge is -2.45. The zero-order valence-corrected chi connectivity index (χ0v) is 17.6. The number of carbonyl (C=O) groups excluding carboxylic acids is 1. The van der Waals surface area contributed by atoms with Gasteiger partial charge in [-0.15, -0.1) is 0 Å². The van der Waals surface area contributed by atoms with Gasteiger partial charge >= 0.3 is 0 Å². The van der Waals surface area contributed by atoms with Crippen LogP contribution < -0.4 is 4.74 Å². The molecule has 0 bridgehead atoms. The van der Waals surface area contributed by atoms with Crippen molar-refractivity contribution in [3.05, 3.63) is 65.2 Å². The standard InChI is InChI=1S/C25H32N2O2/c1-19-11-13-20(14-12-19)18-26-15-4-3-9-24-23(26)10-6-16-27(24)25(28)21-7-5-8-22(17-21)29-2/h5,7-8,11-14,17,23-24H,3-4,6,9-10,15-16,18H2,1-2H3/t23-,24-/m0/s1. The molecule has 2 aromatic carbocycles. The van der Waals surface area contributed by atoms with Crippen LogP contribution in [0.4, 0.5) is 0 Å². The van der Waals surface area contributed by atoms with E-state index in [1.54, 1.807) is 7.11 Å². The molecule has 1 amide bonds. The first-order chi connectivity index (χ1) is 14.2. The fraction of sp³-hybridized carbons (Fsp3) is 0.480. The molecule has 2 atom stereocenters. The highest BCUT2D eigenvalue weighted by Crippen LogP contribution is 2.32. The minimum Gasteiger partial charge on any atom is -0.497 e. The van der Waals surface area contributed by atoms with Crippen molar-refractivity contribution in [2.45, 2.75) is 57.7 Å². The first-order valence-corrected chi connectivity index (χ1v) is 10.9. The number of rotatable bonds is 4. The largest absolute Gasteiger partial charge is 0.497 e. The number of nitrogens with zero attached hydrogens (tertiary/aromatic N) is 2. The second-order valence-electron chi connectivity index (χ2n) is 8.46. The van der Waals surface area contributed by atoms with Crippen molar-refractivity contribution < 1.29 is 9.53 Å². The van der Waals surface area contributed by atoms with Crippen LogP contribution in [0.5, 0.6) is 5.75 Å². The Hall–Kier alpha value is -2.33. The molecule has 2 heterocycles. The van der Waals surface area contributed by atoms with Gasteiger partial charge in [0.05, 0.1) is 7.11 Å². The van der Waals surface area contributed by atoms with Crippen LogP contribution in [0.15, 0.2) is 48.5 Å². The lowest BCUT2D eigenvalue weighted by atomic mass is 9.91. The molecule has 0 radical (unpaired) electrons. The number of carbonyl (C=O) groups is 1. The average molecular weight is 393 g/mol. The second kappa shape index (κ2) is 9.00. The van der Waals surface area contributed by atoms with E-state index in [0.717, 1.165) is 43.8 Å². The Labute approximate surface area is 174 Å². The first kappa shape index (κ1) is 20.0. The van der Waals surface area contributed by atoms with Gasteiger partial charge in [0.15, 0.2) is 0 Å². The minimum absolute atomic E-state index is 0.149. The predicted molar refractivity (Wildman–Crippen MR) is 116 cm³/mol. The van der Waals surface area contributed by atoms with Gasteiger partial charge in [0.2, 0.25) is 0 Å². The Morgan fingerprint density at radius 3 is 2.59 bits per heavy atom. The summed E-state index contributed by atoms with van der Waals surface area (Å²) in [5, 5.41) is 0. The average Bonchev–Trinajstić information content (AvgIpc) is 2.97. The van der Waals surface area contributed by atoms with Gasteiger partial charge in [0.1, 0.15) is 5.75 Å². The van der Waals surface area contributed by atoms with Gasteiger partial charge in [-0.2, -0.15) is 0 Å². The Morgan fingerprint density at radius 2 is 1.79 bits per heavy atom. The minimum atomic E-state index is 0.149. The fourth-order valence-corrected chi connectivity index (χ4v) is 4.94. The zero-order chi connectivity index (χ0) is 20.2. The van der Waals surface area contributed by atoms with Crippen LogP contribution in [0, 0.1) is 6.92 Å². The van der Waals surface area contributed by atoms with Gasteiger partial charge in [-0.3, -0.25) is 9.69 Å². The number of hydrogen-bond donors (Lipinski definition) is 0. The number of piperidine rings is 1. The maximum absolute atomic E-state index is 13.4. The summed E-state index contributed by atoms with van der Waals surface area (Å²) in [6.07, 6.45) is 5.75. The molecule has 29 heavy (non-hydrogen) atoms. The van der Waals surface area contributed by atoms with Crippen molar-refractivity contribution in [1.82, 2.24) is 9.80 Å². The van der Waals surface area contributed by atoms with E-state index in [1.165, 1.54) is 30.4 Å². The third-order valence-corrected chi connectivity index (χ3v) is 6.49. The summed E-state index contributed by atoms with van der Waals surface area (Å²) in [6, 6.07) is 17.2. The number of amides is 1. The van der Waals surface area contributed by atoms with E-state index in [4.69, 9.17) is 4.74 Å². The lowest BCUT2D eigenvalue weighted by molar-refractivity contribution is 0.0318. The molecule has 2 saturated heterocycles.